The molecule has 3 aromatic rings. The first-order chi connectivity index (χ1) is 13.1. The van der Waals surface area contributed by atoms with Crippen molar-refractivity contribution >= 4 is 5.91 Å². The SMILES string of the molecule is Cc1nc(C(=O)NC2CCC(n3nnc(-c4ccccc4)n3)CC2)c(C)o1. The Morgan fingerprint density at radius 1 is 1.15 bits per heavy atom. The van der Waals surface area contributed by atoms with Gasteiger partial charge in [-0.15, -0.1) is 10.2 Å². The molecule has 8 nitrogen and oxygen atoms in total. The Labute approximate surface area is 157 Å². The molecule has 1 N–H and O–H groups in total. The highest BCUT2D eigenvalue weighted by atomic mass is 16.4. The van der Waals surface area contributed by atoms with Crippen LogP contribution in [0.1, 0.15) is 53.9 Å². The van der Waals surface area contributed by atoms with Crippen LogP contribution in [-0.4, -0.2) is 37.1 Å². The van der Waals surface area contributed by atoms with E-state index in [2.05, 4.69) is 25.7 Å². The molecule has 2 aromatic heterocycles. The average Bonchev–Trinajstić information content (AvgIpc) is 3.30. The van der Waals surface area contributed by atoms with Gasteiger partial charge in [0.05, 0.1) is 6.04 Å². The Balaban J connectivity index is 1.35. The number of amides is 1. The summed E-state index contributed by atoms with van der Waals surface area (Å²) in [4.78, 5) is 18.3. The number of nitrogens with zero attached hydrogens (tertiary/aromatic N) is 5. The lowest BCUT2D eigenvalue weighted by Crippen LogP contribution is -2.38. The molecule has 0 spiro atoms. The van der Waals surface area contributed by atoms with Crippen LogP contribution in [0.15, 0.2) is 34.7 Å². The summed E-state index contributed by atoms with van der Waals surface area (Å²) in [5.74, 6) is 1.53. The van der Waals surface area contributed by atoms with Crippen molar-refractivity contribution in [3.63, 3.8) is 0 Å². The van der Waals surface area contributed by atoms with Crippen LogP contribution in [0.5, 0.6) is 0 Å². The summed E-state index contributed by atoms with van der Waals surface area (Å²) in [7, 11) is 0. The molecule has 27 heavy (non-hydrogen) atoms. The lowest BCUT2D eigenvalue weighted by atomic mass is 9.91. The van der Waals surface area contributed by atoms with Crippen molar-refractivity contribution in [1.29, 1.82) is 0 Å². The molecule has 0 radical (unpaired) electrons. The van der Waals surface area contributed by atoms with Gasteiger partial charge in [-0.1, -0.05) is 30.3 Å². The van der Waals surface area contributed by atoms with Crippen LogP contribution in [-0.2, 0) is 0 Å². The predicted octanol–water partition coefficient (Wildman–Crippen LogP) is 2.86. The maximum atomic E-state index is 12.4. The summed E-state index contributed by atoms with van der Waals surface area (Å²) < 4.78 is 5.34. The number of benzene rings is 1. The minimum Gasteiger partial charge on any atom is -0.445 e. The zero-order valence-electron chi connectivity index (χ0n) is 15.4. The molecular formula is C19H22N6O2. The second-order valence-corrected chi connectivity index (χ2v) is 6.92. The number of hydrogen-bond acceptors (Lipinski definition) is 6. The topological polar surface area (TPSA) is 98.7 Å². The molecule has 140 valence electrons. The highest BCUT2D eigenvalue weighted by molar-refractivity contribution is 5.93. The molecule has 1 saturated carbocycles. The van der Waals surface area contributed by atoms with Crippen molar-refractivity contribution < 1.29 is 9.21 Å². The van der Waals surface area contributed by atoms with Gasteiger partial charge in [0.25, 0.3) is 5.91 Å². The fourth-order valence-corrected chi connectivity index (χ4v) is 3.53. The van der Waals surface area contributed by atoms with E-state index in [4.69, 9.17) is 4.42 Å². The molecular weight excluding hydrogens is 344 g/mol. The quantitative estimate of drug-likeness (QED) is 0.762. The van der Waals surface area contributed by atoms with Crippen LogP contribution in [0.2, 0.25) is 0 Å². The number of rotatable bonds is 4. The van der Waals surface area contributed by atoms with E-state index < -0.39 is 0 Å². The minimum atomic E-state index is -0.168. The summed E-state index contributed by atoms with van der Waals surface area (Å²) in [5.41, 5.74) is 1.34. The lowest BCUT2D eigenvalue weighted by Gasteiger charge is -2.27. The molecule has 4 rings (SSSR count). The van der Waals surface area contributed by atoms with Crippen LogP contribution in [0.4, 0.5) is 0 Å². The predicted molar refractivity (Wildman–Crippen MR) is 98.0 cm³/mol. The smallest absolute Gasteiger partial charge is 0.273 e. The molecule has 8 heteroatoms. The molecule has 1 aliphatic carbocycles. The average molecular weight is 366 g/mol. The van der Waals surface area contributed by atoms with Gasteiger partial charge in [0.2, 0.25) is 5.82 Å². The monoisotopic (exact) mass is 366 g/mol. The summed E-state index contributed by atoms with van der Waals surface area (Å²) in [6, 6.07) is 10.2. The van der Waals surface area contributed by atoms with Crippen molar-refractivity contribution in [1.82, 2.24) is 30.5 Å². The Morgan fingerprint density at radius 3 is 2.56 bits per heavy atom. The van der Waals surface area contributed by atoms with Gasteiger partial charge in [-0.25, -0.2) is 4.98 Å². The molecule has 0 aliphatic heterocycles. The highest BCUT2D eigenvalue weighted by Crippen LogP contribution is 2.28. The number of aromatic nitrogens is 5. The summed E-state index contributed by atoms with van der Waals surface area (Å²) in [6.45, 7) is 3.50. The van der Waals surface area contributed by atoms with Crippen LogP contribution in [0, 0.1) is 13.8 Å². The first-order valence-corrected chi connectivity index (χ1v) is 9.20. The Kier molecular flexibility index (Phi) is 4.70. The van der Waals surface area contributed by atoms with Gasteiger partial charge in [-0.3, -0.25) is 4.79 Å². The fourth-order valence-electron chi connectivity index (χ4n) is 3.53. The summed E-state index contributed by atoms with van der Waals surface area (Å²) in [5, 5.41) is 16.0. The molecule has 0 saturated heterocycles. The third-order valence-corrected chi connectivity index (χ3v) is 4.94. The van der Waals surface area contributed by atoms with E-state index >= 15 is 0 Å². The summed E-state index contributed by atoms with van der Waals surface area (Å²) in [6.07, 6.45) is 3.53. The van der Waals surface area contributed by atoms with Gasteiger partial charge in [0.1, 0.15) is 5.76 Å². The molecule has 0 bridgehead atoms. The zero-order valence-corrected chi connectivity index (χ0v) is 15.4. The molecule has 0 unspecified atom stereocenters. The van der Waals surface area contributed by atoms with Crippen molar-refractivity contribution in [2.24, 2.45) is 0 Å². The van der Waals surface area contributed by atoms with Crippen LogP contribution >= 0.6 is 0 Å². The fraction of sp³-hybridized carbons (Fsp3) is 0.421. The molecule has 2 heterocycles. The zero-order chi connectivity index (χ0) is 18.8. The second kappa shape index (κ2) is 7.30. The largest absolute Gasteiger partial charge is 0.445 e. The van der Waals surface area contributed by atoms with Crippen molar-refractivity contribution in [2.75, 3.05) is 0 Å². The Morgan fingerprint density at radius 2 is 1.89 bits per heavy atom. The number of oxazole rings is 1. The van der Waals surface area contributed by atoms with Gasteiger partial charge in [-0.05, 0) is 37.8 Å². The van der Waals surface area contributed by atoms with E-state index in [1.807, 2.05) is 30.3 Å². The molecule has 0 atom stereocenters. The summed E-state index contributed by atoms with van der Waals surface area (Å²) >= 11 is 0. The maximum absolute atomic E-state index is 12.4. The number of carbonyl (C=O) groups is 1. The normalized spacial score (nSPS) is 19.8. The van der Waals surface area contributed by atoms with Crippen LogP contribution in [0.25, 0.3) is 11.4 Å². The number of carbonyl (C=O) groups excluding carboxylic acids is 1. The van der Waals surface area contributed by atoms with Crippen LogP contribution < -0.4 is 5.32 Å². The van der Waals surface area contributed by atoms with Gasteiger partial charge in [-0.2, -0.15) is 4.80 Å². The first-order valence-electron chi connectivity index (χ1n) is 9.20. The van der Waals surface area contributed by atoms with Crippen molar-refractivity contribution in [3.8, 4) is 11.4 Å². The van der Waals surface area contributed by atoms with Gasteiger partial charge >= 0.3 is 0 Å². The Hall–Kier alpha value is -3.03. The number of tetrazole rings is 1. The molecule has 1 fully saturated rings. The van der Waals surface area contributed by atoms with E-state index in [9.17, 15) is 4.79 Å². The minimum absolute atomic E-state index is 0.127. The third kappa shape index (κ3) is 3.74. The van der Waals surface area contributed by atoms with E-state index in [0.29, 0.717) is 23.2 Å². The third-order valence-electron chi connectivity index (χ3n) is 4.94. The van der Waals surface area contributed by atoms with Gasteiger partial charge < -0.3 is 9.73 Å². The van der Waals surface area contributed by atoms with Gasteiger partial charge in [0.15, 0.2) is 11.6 Å². The maximum Gasteiger partial charge on any atom is 0.273 e. The van der Waals surface area contributed by atoms with Crippen molar-refractivity contribution in [2.45, 2.75) is 51.6 Å². The Bertz CT molecular complexity index is 925. The molecule has 1 amide bonds. The second-order valence-electron chi connectivity index (χ2n) is 6.92. The molecule has 1 aromatic carbocycles. The van der Waals surface area contributed by atoms with Gasteiger partial charge in [0, 0.05) is 18.5 Å². The van der Waals surface area contributed by atoms with Crippen LogP contribution in [0.3, 0.4) is 0 Å². The van der Waals surface area contributed by atoms with E-state index in [1.54, 1.807) is 18.6 Å². The van der Waals surface area contributed by atoms with Crippen molar-refractivity contribution in [3.05, 3.63) is 47.7 Å². The standard InChI is InChI=1S/C19H22N6O2/c1-12-17(20-13(2)27-12)19(26)21-15-8-10-16(11-9-15)25-23-18(22-24-25)14-6-4-3-5-7-14/h3-7,15-16H,8-11H2,1-2H3,(H,21,26). The molecule has 1 aliphatic rings. The lowest BCUT2D eigenvalue weighted by molar-refractivity contribution is 0.0914. The highest BCUT2D eigenvalue weighted by Gasteiger charge is 2.27. The van der Waals surface area contributed by atoms with E-state index in [1.165, 1.54) is 0 Å². The van der Waals surface area contributed by atoms with E-state index in [-0.39, 0.29) is 18.0 Å². The first kappa shape index (κ1) is 17.4. The number of nitrogens with one attached hydrogen (secondary N) is 1. The van der Waals surface area contributed by atoms with E-state index in [0.717, 1.165) is 31.2 Å². The number of aryl methyl sites for hydroxylation is 2. The number of hydrogen-bond donors (Lipinski definition) is 1.